The van der Waals surface area contributed by atoms with Gasteiger partial charge in [-0.2, -0.15) is 5.26 Å². The van der Waals surface area contributed by atoms with E-state index in [1.54, 1.807) is 24.4 Å². The monoisotopic (exact) mass is 501 g/mol. The van der Waals surface area contributed by atoms with Crippen molar-refractivity contribution in [2.24, 2.45) is 0 Å². The number of carbonyl (C=O) groups excluding carboxylic acids is 1. The molecule has 3 aromatic carbocycles. The van der Waals surface area contributed by atoms with Crippen LogP contribution in [0.4, 0.5) is 0 Å². The number of nitriles is 1. The minimum atomic E-state index is -1.76. The van der Waals surface area contributed by atoms with Gasteiger partial charge in [0.25, 0.3) is 5.91 Å². The first-order valence-electron chi connectivity index (χ1n) is 11.9. The van der Waals surface area contributed by atoms with Gasteiger partial charge in [0.2, 0.25) is 0 Å². The molecule has 9 heteroatoms. The van der Waals surface area contributed by atoms with Crippen molar-refractivity contribution in [2.45, 2.75) is 43.6 Å². The molecular weight excluding hydrogens is 474 g/mol. The van der Waals surface area contributed by atoms with Crippen LogP contribution < -0.4 is 5.32 Å². The van der Waals surface area contributed by atoms with Crippen LogP contribution in [0.1, 0.15) is 28.4 Å². The van der Waals surface area contributed by atoms with Crippen LogP contribution in [-0.2, 0) is 11.3 Å². The van der Waals surface area contributed by atoms with Crippen LogP contribution in [0.25, 0.3) is 21.7 Å². The summed E-state index contributed by atoms with van der Waals surface area (Å²) in [4.78, 5) is 13.5. The summed E-state index contributed by atoms with van der Waals surface area (Å²) in [5, 5.41) is 55.7. The largest absolute Gasteiger partial charge is 0.394 e. The first-order valence-corrected chi connectivity index (χ1v) is 11.9. The highest BCUT2D eigenvalue weighted by atomic mass is 16.6. The Kier molecular flexibility index (Phi) is 6.45. The Balaban J connectivity index is 1.51. The highest BCUT2D eigenvalue weighted by Gasteiger charge is 2.53. The predicted molar refractivity (Wildman–Crippen MR) is 136 cm³/mol. The maximum Gasteiger partial charge on any atom is 0.254 e. The van der Waals surface area contributed by atoms with Crippen LogP contribution in [0.2, 0.25) is 0 Å². The lowest BCUT2D eigenvalue weighted by molar-refractivity contribution is -0.278. The lowest BCUT2D eigenvalue weighted by atomic mass is 9.84. The third kappa shape index (κ3) is 4.35. The highest BCUT2D eigenvalue weighted by molar-refractivity contribution is 6.07. The van der Waals surface area contributed by atoms with Gasteiger partial charge >= 0.3 is 0 Å². The fraction of sp³-hybridized carbons (Fsp3) is 0.286. The maximum atomic E-state index is 13.5. The zero-order chi connectivity index (χ0) is 26.3. The number of amides is 1. The molecule has 1 fully saturated rings. The molecule has 37 heavy (non-hydrogen) atoms. The Hall–Kier alpha value is -3.78. The second-order valence-electron chi connectivity index (χ2n) is 9.58. The summed E-state index contributed by atoms with van der Waals surface area (Å²) >= 11 is 0. The smallest absolute Gasteiger partial charge is 0.254 e. The average molecular weight is 502 g/mol. The van der Waals surface area contributed by atoms with E-state index in [0.29, 0.717) is 17.5 Å². The fourth-order valence-electron chi connectivity index (χ4n) is 4.90. The number of nitrogens with zero attached hydrogens (tertiary/aromatic N) is 2. The SMILES string of the molecule is C[C@]1(NC(=O)c2cn(Cc3ccc4ccccc4c3)c3ccc(C#N)cc23)C(O)O[C@H](CO)[C@@H](O)[C@@H]1O. The number of aliphatic hydroxyl groups excluding tert-OH is 4. The molecule has 190 valence electrons. The fourth-order valence-corrected chi connectivity index (χ4v) is 4.90. The topological polar surface area (TPSA) is 148 Å². The molecule has 0 saturated carbocycles. The molecular formula is C28H27N3O6. The molecule has 1 aliphatic heterocycles. The number of carbonyl (C=O) groups is 1. The van der Waals surface area contributed by atoms with Crippen molar-refractivity contribution >= 4 is 27.6 Å². The van der Waals surface area contributed by atoms with Crippen molar-refractivity contribution < 1.29 is 30.0 Å². The van der Waals surface area contributed by atoms with Crippen molar-refractivity contribution in [1.29, 1.82) is 5.26 Å². The van der Waals surface area contributed by atoms with E-state index < -0.39 is 42.7 Å². The number of aromatic nitrogens is 1. The van der Waals surface area contributed by atoms with Gasteiger partial charge < -0.3 is 35.0 Å². The van der Waals surface area contributed by atoms with E-state index in [2.05, 4.69) is 17.5 Å². The second-order valence-corrected chi connectivity index (χ2v) is 9.58. The minimum Gasteiger partial charge on any atom is -0.394 e. The number of rotatable bonds is 5. The zero-order valence-corrected chi connectivity index (χ0v) is 20.1. The molecule has 1 aliphatic rings. The van der Waals surface area contributed by atoms with Gasteiger partial charge in [0.15, 0.2) is 6.29 Å². The van der Waals surface area contributed by atoms with Crippen molar-refractivity contribution in [1.82, 2.24) is 9.88 Å². The number of hydrogen-bond acceptors (Lipinski definition) is 7. The van der Waals surface area contributed by atoms with Gasteiger partial charge in [0.1, 0.15) is 23.9 Å². The summed E-state index contributed by atoms with van der Waals surface area (Å²) in [6.07, 6.45) is -4.37. The van der Waals surface area contributed by atoms with Gasteiger partial charge in [-0.05, 0) is 47.5 Å². The highest BCUT2D eigenvalue weighted by Crippen LogP contribution is 2.31. The van der Waals surface area contributed by atoms with Crippen LogP contribution in [0.3, 0.4) is 0 Å². The molecule has 0 aliphatic carbocycles. The standard InChI is InChI=1S/C28H27N3O6/c1-28(25(34)24(33)23(15-32)37-27(28)36)30-26(35)21-14-31(22-9-7-16(12-29)11-20(21)22)13-17-6-8-18-4-2-3-5-19(18)10-17/h2-11,14,23-25,27,32-34,36H,13,15H2,1H3,(H,30,35)/t23-,24-,25+,27?,28-/m1/s1. The first kappa shape index (κ1) is 24.9. The Morgan fingerprint density at radius 3 is 2.59 bits per heavy atom. The Morgan fingerprint density at radius 1 is 1.11 bits per heavy atom. The predicted octanol–water partition coefficient (Wildman–Crippen LogP) is 1.63. The van der Waals surface area contributed by atoms with Crippen molar-refractivity contribution in [3.8, 4) is 6.07 Å². The minimum absolute atomic E-state index is 0.229. The molecule has 0 bridgehead atoms. The molecule has 0 spiro atoms. The van der Waals surface area contributed by atoms with Gasteiger partial charge in [0, 0.05) is 23.6 Å². The van der Waals surface area contributed by atoms with Gasteiger partial charge in [-0.25, -0.2) is 0 Å². The molecule has 9 nitrogen and oxygen atoms in total. The van der Waals surface area contributed by atoms with E-state index in [9.17, 15) is 30.5 Å². The summed E-state index contributed by atoms with van der Waals surface area (Å²) in [6, 6.07) is 21.3. The molecule has 1 saturated heterocycles. The van der Waals surface area contributed by atoms with Crippen molar-refractivity contribution in [3.63, 3.8) is 0 Å². The van der Waals surface area contributed by atoms with E-state index in [1.165, 1.54) is 6.92 Å². The summed E-state index contributed by atoms with van der Waals surface area (Å²) in [7, 11) is 0. The van der Waals surface area contributed by atoms with E-state index in [-0.39, 0.29) is 5.56 Å². The third-order valence-corrected chi connectivity index (χ3v) is 7.12. The Morgan fingerprint density at radius 2 is 1.86 bits per heavy atom. The van der Waals surface area contributed by atoms with Crippen LogP contribution in [-0.4, -0.2) is 67.6 Å². The van der Waals surface area contributed by atoms with Crippen LogP contribution >= 0.6 is 0 Å². The normalized spacial score (nSPS) is 25.7. The average Bonchev–Trinajstić information content (AvgIpc) is 3.27. The summed E-state index contributed by atoms with van der Waals surface area (Å²) in [5.74, 6) is -0.629. The summed E-state index contributed by atoms with van der Waals surface area (Å²) < 4.78 is 7.15. The summed E-state index contributed by atoms with van der Waals surface area (Å²) in [6.45, 7) is 1.20. The van der Waals surface area contributed by atoms with Crippen molar-refractivity contribution in [3.05, 3.63) is 83.6 Å². The number of fused-ring (bicyclic) bond motifs is 2. The van der Waals surface area contributed by atoms with E-state index in [1.807, 2.05) is 41.0 Å². The number of nitrogens with one attached hydrogen (secondary N) is 1. The molecule has 5 N–H and O–H groups in total. The second kappa shape index (κ2) is 9.59. The lowest BCUT2D eigenvalue weighted by Gasteiger charge is -2.47. The maximum absolute atomic E-state index is 13.5. The first-order chi connectivity index (χ1) is 17.7. The quantitative estimate of drug-likeness (QED) is 0.279. The molecule has 1 unspecified atom stereocenters. The van der Waals surface area contributed by atoms with Gasteiger partial charge in [0.05, 0.1) is 23.8 Å². The molecule has 4 aromatic rings. The summed E-state index contributed by atoms with van der Waals surface area (Å²) in [5.41, 5.74) is 0.583. The van der Waals surface area contributed by atoms with Crippen LogP contribution in [0.15, 0.2) is 66.9 Å². The van der Waals surface area contributed by atoms with Gasteiger partial charge in [-0.1, -0.05) is 36.4 Å². The zero-order valence-electron chi connectivity index (χ0n) is 20.1. The molecule has 1 aromatic heterocycles. The Labute approximate surface area is 212 Å². The molecule has 5 atom stereocenters. The van der Waals surface area contributed by atoms with Gasteiger partial charge in [-0.3, -0.25) is 4.79 Å². The van der Waals surface area contributed by atoms with E-state index >= 15 is 0 Å². The van der Waals surface area contributed by atoms with Gasteiger partial charge in [-0.15, -0.1) is 0 Å². The number of aliphatic hydroxyl groups is 4. The van der Waals surface area contributed by atoms with Crippen LogP contribution in [0, 0.1) is 11.3 Å². The lowest BCUT2D eigenvalue weighted by Crippen LogP contribution is -2.71. The Bertz CT molecular complexity index is 1530. The molecule has 0 radical (unpaired) electrons. The number of benzene rings is 3. The van der Waals surface area contributed by atoms with Crippen LogP contribution in [0.5, 0.6) is 0 Å². The number of hydrogen-bond donors (Lipinski definition) is 5. The van der Waals surface area contributed by atoms with E-state index in [0.717, 1.165) is 21.9 Å². The third-order valence-electron chi connectivity index (χ3n) is 7.12. The van der Waals surface area contributed by atoms with E-state index in [4.69, 9.17) is 4.74 Å². The molecule has 5 rings (SSSR count). The van der Waals surface area contributed by atoms with Crippen molar-refractivity contribution in [2.75, 3.05) is 6.61 Å². The molecule has 2 heterocycles. The number of ether oxygens (including phenoxy) is 1. The molecule has 1 amide bonds.